The lowest BCUT2D eigenvalue weighted by Gasteiger charge is -2.29. The van der Waals surface area contributed by atoms with Crippen LogP contribution in [-0.2, 0) is 72.0 Å². The molecule has 450 valence electrons. The number of carboxylic acids is 2. The van der Waals surface area contributed by atoms with Crippen molar-refractivity contribution in [1.82, 2.24) is 45.6 Å². The molecule has 3 atom stereocenters. The van der Waals surface area contributed by atoms with Gasteiger partial charge in [0.05, 0.1) is 55.7 Å². The number of nitrogens with one attached hydrogen (secondary N) is 7. The van der Waals surface area contributed by atoms with Gasteiger partial charge in [0.15, 0.2) is 12.6 Å². The van der Waals surface area contributed by atoms with Gasteiger partial charge in [0.25, 0.3) is 16.0 Å². The molecule has 0 radical (unpaired) electrons. The monoisotopic (exact) mass is 1180 g/mol. The highest BCUT2D eigenvalue weighted by molar-refractivity contribution is 7.89. The van der Waals surface area contributed by atoms with E-state index in [4.69, 9.17) is 28.9 Å². The van der Waals surface area contributed by atoms with Gasteiger partial charge in [-0.2, -0.15) is 18.2 Å². The van der Waals surface area contributed by atoms with Gasteiger partial charge in [0, 0.05) is 82.9 Å². The molecule has 0 bridgehead atoms. The summed E-state index contributed by atoms with van der Waals surface area (Å²) >= 11 is 0. The van der Waals surface area contributed by atoms with Gasteiger partial charge in [-0.05, 0) is 87.9 Å². The summed E-state index contributed by atoms with van der Waals surface area (Å²) in [4.78, 5) is 86.8. The van der Waals surface area contributed by atoms with Gasteiger partial charge >= 0.3 is 11.9 Å². The number of aliphatic carboxylic acids is 2. The lowest BCUT2D eigenvalue weighted by Crippen LogP contribution is -2.55. The first-order chi connectivity index (χ1) is 38.3. The van der Waals surface area contributed by atoms with Crippen molar-refractivity contribution in [1.29, 1.82) is 0 Å². The molecule has 4 aromatic rings. The topological polar surface area (TPSA) is 407 Å². The highest BCUT2D eigenvalue weighted by Crippen LogP contribution is 2.26. The molecule has 11 N–H and O–H groups in total. The Hall–Kier alpha value is -6.65. The van der Waals surface area contributed by atoms with E-state index in [1.165, 1.54) is 32.2 Å². The van der Waals surface area contributed by atoms with Crippen molar-refractivity contribution in [3.63, 3.8) is 0 Å². The predicted octanol–water partition coefficient (Wildman–Crippen LogP) is -0.236. The van der Waals surface area contributed by atoms with Crippen LogP contribution in [0.3, 0.4) is 0 Å². The number of fused-ring (bicyclic) bond motifs is 1. The van der Waals surface area contributed by atoms with Crippen LogP contribution >= 0.6 is 0 Å². The number of sulfonamides is 1. The van der Waals surface area contributed by atoms with Crippen molar-refractivity contribution in [3.8, 4) is 5.75 Å². The number of rotatable bonds is 40. The third kappa shape index (κ3) is 23.8. The second-order valence-corrected chi connectivity index (χ2v) is 21.9. The number of aryl methyl sites for hydroxylation is 3. The Bertz CT molecular complexity index is 2980. The Balaban J connectivity index is 1.06. The third-order valence-electron chi connectivity index (χ3n) is 11.7. The molecule has 0 spiro atoms. The Morgan fingerprint density at radius 2 is 1.48 bits per heavy atom. The van der Waals surface area contributed by atoms with Crippen LogP contribution in [0.15, 0.2) is 58.6 Å². The number of ether oxygens (including phenoxy) is 4. The number of hydroxylamine groups is 2. The van der Waals surface area contributed by atoms with Crippen molar-refractivity contribution < 1.29 is 84.5 Å². The number of aromatic amines is 1. The number of hydrogen-bond donors (Lipinski definition) is 11. The molecule has 0 fully saturated rings. The van der Waals surface area contributed by atoms with Crippen LogP contribution < -0.4 is 41.5 Å². The SMILES string of the molecule is Cc1cc(OCCCC(=O)NCCCOCCOCCOCCCNC(=O)[C@H](CS(=O)(=O)O)NC(O)CN(OCC(=O)O)C(C)C)cc(C)c1S(=O)(=O)NC(CNC(=O)c1cn(C)c2cc(CNc3ncc[nH]3)ccc2c1=O)C(=O)O. The van der Waals surface area contributed by atoms with Gasteiger partial charge in [-0.25, -0.2) is 18.2 Å². The van der Waals surface area contributed by atoms with E-state index in [0.717, 1.165) is 10.6 Å². The smallest absolute Gasteiger partial charge is 0.331 e. The van der Waals surface area contributed by atoms with E-state index in [-0.39, 0.29) is 91.5 Å². The summed E-state index contributed by atoms with van der Waals surface area (Å²) in [6.45, 7) is 7.36. The number of aliphatic hydroxyl groups excluding tert-OH is 1. The Kier molecular flexibility index (Phi) is 27.5. The van der Waals surface area contributed by atoms with Crippen LogP contribution in [-0.4, -0.2) is 195 Å². The van der Waals surface area contributed by atoms with E-state index < -0.39 is 86.5 Å². The molecule has 31 heteroatoms. The van der Waals surface area contributed by atoms with Crippen molar-refractivity contribution >= 4 is 66.7 Å². The van der Waals surface area contributed by atoms with Crippen LogP contribution in [0.5, 0.6) is 5.75 Å². The Labute approximate surface area is 468 Å². The number of benzene rings is 2. The molecule has 2 aromatic heterocycles. The minimum Gasteiger partial charge on any atom is -0.494 e. The molecule has 0 aliphatic rings. The number of aromatic nitrogens is 3. The van der Waals surface area contributed by atoms with E-state index in [9.17, 15) is 60.4 Å². The summed E-state index contributed by atoms with van der Waals surface area (Å²) < 4.78 is 85.6. The molecule has 3 amide bonds. The maximum atomic E-state index is 13.6. The summed E-state index contributed by atoms with van der Waals surface area (Å²) in [5, 5.41) is 43.8. The standard InChI is InChI=1S/C50H74N10O19S2/c1-32(2)60(79-30-44(63)64)29-43(62)57-40(31-80(70,71)72)48(67)52-13-8-17-76-20-22-77-21-19-75-16-7-12-51-42(61)9-6-18-78-36-23-33(3)46(34(4)24-36)81(73,74)58-39(49(68)69)27-55-47(66)38-28-59(5)41-25-35(10-11-37(41)45(38)65)26-56-50-53-14-15-54-50/h10-11,14-15,23-25,28,32,39-40,43,57-58,62H,6-9,12-13,16-22,26-27,29-31H2,1-5H3,(H,51,61)(H,52,67)(H,55,66)(H,63,64)(H,68,69)(H2,53,54,56)(H,70,71,72)/t39?,40-,43?/m0/s1. The van der Waals surface area contributed by atoms with Crippen LogP contribution in [0.1, 0.15) is 66.6 Å². The summed E-state index contributed by atoms with van der Waals surface area (Å²) in [7, 11) is -7.44. The minimum absolute atomic E-state index is 0.0847. The van der Waals surface area contributed by atoms with E-state index in [2.05, 4.69) is 41.3 Å². The van der Waals surface area contributed by atoms with Crippen molar-refractivity contribution in [3.05, 3.63) is 81.4 Å². The highest BCUT2D eigenvalue weighted by Gasteiger charge is 2.30. The summed E-state index contributed by atoms with van der Waals surface area (Å²) in [5.41, 5.74) is 1.04. The normalized spacial score (nSPS) is 13.0. The highest BCUT2D eigenvalue weighted by atomic mass is 32.2. The number of hydrogen-bond acceptors (Lipinski definition) is 20. The average Bonchev–Trinajstić information content (AvgIpc) is 3.94. The fraction of sp³-hybridized carbons (Fsp3) is 0.540. The maximum Gasteiger partial charge on any atom is 0.331 e. The van der Waals surface area contributed by atoms with Gasteiger partial charge < -0.3 is 65.1 Å². The minimum atomic E-state index is -4.63. The molecule has 0 saturated carbocycles. The van der Waals surface area contributed by atoms with Gasteiger partial charge in [-0.1, -0.05) is 6.07 Å². The zero-order chi connectivity index (χ0) is 59.7. The van der Waals surface area contributed by atoms with Gasteiger partial charge in [0.1, 0.15) is 29.6 Å². The van der Waals surface area contributed by atoms with Crippen molar-refractivity contribution in [2.45, 2.75) is 89.2 Å². The first-order valence-electron chi connectivity index (χ1n) is 25.8. The molecule has 2 unspecified atom stereocenters. The number of anilines is 1. The first-order valence-corrected chi connectivity index (χ1v) is 28.9. The predicted molar refractivity (Wildman–Crippen MR) is 292 cm³/mol. The molecular weight excluding hydrogens is 1110 g/mol. The number of carbonyl (C=O) groups excluding carboxylic acids is 3. The molecular formula is C50H74N10O19S2. The number of nitrogens with zero attached hydrogens (tertiary/aromatic N) is 3. The van der Waals surface area contributed by atoms with E-state index >= 15 is 0 Å². The largest absolute Gasteiger partial charge is 0.494 e. The Morgan fingerprint density at radius 1 is 0.840 bits per heavy atom. The van der Waals surface area contributed by atoms with Crippen molar-refractivity contribution in [2.24, 2.45) is 7.05 Å². The summed E-state index contributed by atoms with van der Waals surface area (Å²) in [6.07, 6.45) is 4.47. The van der Waals surface area contributed by atoms with Gasteiger partial charge in [0.2, 0.25) is 27.3 Å². The summed E-state index contributed by atoms with van der Waals surface area (Å²) in [6, 6.07) is 4.34. The fourth-order valence-corrected chi connectivity index (χ4v) is 10.2. The lowest BCUT2D eigenvalue weighted by atomic mass is 10.1. The second kappa shape index (κ2) is 33.3. The average molecular weight is 1180 g/mol. The fourth-order valence-electron chi connectivity index (χ4n) is 7.86. The van der Waals surface area contributed by atoms with Crippen molar-refractivity contribution in [2.75, 3.05) is 90.1 Å². The van der Waals surface area contributed by atoms with E-state index in [0.29, 0.717) is 62.8 Å². The lowest BCUT2D eigenvalue weighted by molar-refractivity contribution is -0.204. The van der Waals surface area contributed by atoms with Crippen LogP contribution in [0, 0.1) is 13.8 Å². The number of H-pyrrole nitrogens is 1. The zero-order valence-corrected chi connectivity index (χ0v) is 47.4. The van der Waals surface area contributed by atoms with Gasteiger partial charge in [-0.15, -0.1) is 0 Å². The quantitative estimate of drug-likeness (QED) is 0.0119. The van der Waals surface area contributed by atoms with Crippen LogP contribution in [0.25, 0.3) is 10.9 Å². The van der Waals surface area contributed by atoms with Crippen LogP contribution in [0.4, 0.5) is 5.95 Å². The molecule has 0 aliphatic heterocycles. The molecule has 2 heterocycles. The molecule has 2 aromatic carbocycles. The Morgan fingerprint density at radius 3 is 2.07 bits per heavy atom. The summed E-state index contributed by atoms with van der Waals surface area (Å²) in [5.74, 6) is -4.85. The number of carbonyl (C=O) groups is 5. The van der Waals surface area contributed by atoms with Gasteiger partial charge in [-0.3, -0.25) is 38.7 Å². The maximum absolute atomic E-state index is 13.6. The second-order valence-electron chi connectivity index (χ2n) is 18.7. The van der Waals surface area contributed by atoms with Crippen LogP contribution in [0.2, 0.25) is 0 Å². The number of imidazole rings is 1. The molecule has 0 saturated heterocycles. The molecule has 29 nitrogen and oxygen atoms in total. The van der Waals surface area contributed by atoms with E-state index in [1.54, 1.807) is 56.1 Å². The number of pyridine rings is 1. The molecule has 0 aliphatic carbocycles. The number of amides is 3. The number of aliphatic hydroxyl groups is 1. The molecule has 4 rings (SSSR count). The van der Waals surface area contributed by atoms with E-state index in [1.807, 2.05) is 0 Å². The first kappa shape index (κ1) is 66.9. The molecule has 81 heavy (non-hydrogen) atoms. The third-order valence-corrected chi connectivity index (χ3v) is 14.2. The zero-order valence-electron chi connectivity index (χ0n) is 45.7. The number of carboxylic acid groups (broad SMARTS) is 2.